The van der Waals surface area contributed by atoms with Crippen LogP contribution < -0.4 is 4.74 Å². The lowest BCUT2D eigenvalue weighted by molar-refractivity contribution is 0.155. The lowest BCUT2D eigenvalue weighted by Crippen LogP contribution is -2.32. The van der Waals surface area contributed by atoms with Crippen LogP contribution in [0.4, 0.5) is 0 Å². The molecule has 0 spiro atoms. The molecule has 3 aliphatic rings. The normalized spacial score (nSPS) is 17.8. The third-order valence-electron chi connectivity index (χ3n) is 12.7. The second-order valence-corrected chi connectivity index (χ2v) is 15.7. The molecule has 0 saturated heterocycles. The van der Waals surface area contributed by atoms with Crippen molar-refractivity contribution in [1.29, 1.82) is 0 Å². The highest BCUT2D eigenvalue weighted by molar-refractivity contribution is 6.20. The number of rotatable bonds is 3. The van der Waals surface area contributed by atoms with Crippen LogP contribution in [0.15, 0.2) is 180 Å². The fourth-order valence-electron chi connectivity index (χ4n) is 10.1. The molecule has 56 heavy (non-hydrogen) atoms. The lowest BCUT2D eigenvalue weighted by atomic mass is 9.79. The van der Waals surface area contributed by atoms with Gasteiger partial charge in [-0.3, -0.25) is 0 Å². The average Bonchev–Trinajstić information content (AvgIpc) is 3.97. The minimum atomic E-state index is -0.368. The number of benzene rings is 8. The van der Waals surface area contributed by atoms with Crippen LogP contribution >= 0.6 is 0 Å². The predicted molar refractivity (Wildman–Crippen MR) is 231 cm³/mol. The molecule has 0 radical (unpaired) electrons. The highest BCUT2D eigenvalue weighted by Gasteiger charge is 2.43. The summed E-state index contributed by atoms with van der Waals surface area (Å²) in [6.45, 7) is 2.19. The summed E-state index contributed by atoms with van der Waals surface area (Å²) in [5.74, 6) is 1.15. The largest absolute Gasteiger partial charge is 0.482 e. The maximum atomic E-state index is 6.47. The van der Waals surface area contributed by atoms with Crippen LogP contribution in [0.2, 0.25) is 0 Å². The fraction of sp³-hybridized carbons (Fsp3) is 0.0566. The fourth-order valence-corrected chi connectivity index (χ4v) is 10.1. The van der Waals surface area contributed by atoms with Crippen molar-refractivity contribution in [2.75, 3.05) is 0 Å². The van der Waals surface area contributed by atoms with Gasteiger partial charge in [-0.2, -0.15) is 0 Å². The minimum Gasteiger partial charge on any atom is -0.482 e. The van der Waals surface area contributed by atoms with Crippen molar-refractivity contribution in [1.82, 2.24) is 4.57 Å². The Hall–Kier alpha value is -7.10. The number of fused-ring (bicyclic) bond motifs is 12. The van der Waals surface area contributed by atoms with Gasteiger partial charge < -0.3 is 13.7 Å². The van der Waals surface area contributed by atoms with E-state index in [1.165, 1.54) is 77.2 Å². The van der Waals surface area contributed by atoms with Crippen LogP contribution in [0.1, 0.15) is 24.0 Å². The number of hydrogen-bond donors (Lipinski definition) is 0. The molecule has 3 heterocycles. The minimum absolute atomic E-state index is 0.170. The third-order valence-corrected chi connectivity index (χ3v) is 12.7. The molecule has 0 bridgehead atoms. The smallest absolute Gasteiger partial charge is 0.143 e. The van der Waals surface area contributed by atoms with E-state index in [1.807, 2.05) is 6.07 Å². The van der Waals surface area contributed by atoms with Crippen LogP contribution in [0.5, 0.6) is 5.75 Å². The highest BCUT2D eigenvalue weighted by atomic mass is 16.5. The van der Waals surface area contributed by atoms with Crippen molar-refractivity contribution < 1.29 is 9.15 Å². The molecule has 1 aliphatic heterocycles. The molecule has 2 unspecified atom stereocenters. The number of para-hydroxylation sites is 4. The second-order valence-electron chi connectivity index (χ2n) is 15.7. The first-order valence-electron chi connectivity index (χ1n) is 19.5. The van der Waals surface area contributed by atoms with Gasteiger partial charge in [-0.1, -0.05) is 127 Å². The van der Waals surface area contributed by atoms with Gasteiger partial charge in [-0.05, 0) is 99.8 Å². The summed E-state index contributed by atoms with van der Waals surface area (Å²) < 4.78 is 15.4. The molecule has 13 rings (SSSR count). The third kappa shape index (κ3) is 3.96. The zero-order chi connectivity index (χ0) is 36.7. The standard InChI is InChI=1S/C53H33NO2/c1-53-27-26-32(30-45(53)41-12-4-7-19-50(41)56-53)31-21-24-48-44(28-31)36-10-2-5-17-46(36)54(48)47-25-23-39-35-22-20-33(29-43(35)38-14-9-16-42(47)51(38)39)34-13-8-15-40-37-11-3-6-18-49(37)55-52(34)40/h2-30,45H,1H3. The molecule has 0 fully saturated rings. The summed E-state index contributed by atoms with van der Waals surface area (Å²) in [5.41, 5.74) is 16.2. The molecule has 0 amide bonds. The summed E-state index contributed by atoms with van der Waals surface area (Å²) in [6, 6.07) is 57.5. The second kappa shape index (κ2) is 10.8. The van der Waals surface area contributed by atoms with E-state index in [-0.39, 0.29) is 11.5 Å². The summed E-state index contributed by atoms with van der Waals surface area (Å²) in [5, 5.41) is 7.36. The number of furan rings is 1. The van der Waals surface area contributed by atoms with Crippen molar-refractivity contribution in [3.63, 3.8) is 0 Å². The van der Waals surface area contributed by atoms with E-state index in [0.29, 0.717) is 0 Å². The number of hydrogen-bond acceptors (Lipinski definition) is 2. The molecule has 2 atom stereocenters. The number of ether oxygens (including phenoxy) is 1. The molecular weight excluding hydrogens is 683 g/mol. The first kappa shape index (κ1) is 30.3. The van der Waals surface area contributed by atoms with Crippen molar-refractivity contribution in [2.24, 2.45) is 0 Å². The van der Waals surface area contributed by atoms with E-state index < -0.39 is 0 Å². The van der Waals surface area contributed by atoms with Gasteiger partial charge in [0.1, 0.15) is 22.5 Å². The average molecular weight is 716 g/mol. The van der Waals surface area contributed by atoms with Gasteiger partial charge in [0.05, 0.1) is 16.7 Å². The Morgan fingerprint density at radius 3 is 2.21 bits per heavy atom. The Kier molecular flexibility index (Phi) is 5.82. The zero-order valence-corrected chi connectivity index (χ0v) is 30.6. The van der Waals surface area contributed by atoms with Crippen molar-refractivity contribution in [3.8, 4) is 44.8 Å². The SMILES string of the molecule is CC12C=CC(c3ccc4c(c3)c3ccccc3n4-c3ccc4c5c(cccc35)-c3cc(-c5cccc6c5oc5ccccc56)ccc3-4)=CC1c1ccccc1O2. The van der Waals surface area contributed by atoms with Gasteiger partial charge in [0.25, 0.3) is 0 Å². The molecule has 0 saturated carbocycles. The maximum Gasteiger partial charge on any atom is 0.143 e. The van der Waals surface area contributed by atoms with E-state index >= 15 is 0 Å². The van der Waals surface area contributed by atoms with E-state index in [1.54, 1.807) is 0 Å². The Morgan fingerprint density at radius 2 is 1.27 bits per heavy atom. The lowest BCUT2D eigenvalue weighted by Gasteiger charge is -2.29. The molecule has 262 valence electrons. The summed E-state index contributed by atoms with van der Waals surface area (Å²) >= 11 is 0. The van der Waals surface area contributed by atoms with E-state index in [9.17, 15) is 0 Å². The first-order chi connectivity index (χ1) is 27.6. The molecule has 0 N–H and O–H groups in total. The van der Waals surface area contributed by atoms with E-state index in [4.69, 9.17) is 9.15 Å². The van der Waals surface area contributed by atoms with Gasteiger partial charge in [-0.15, -0.1) is 0 Å². The number of aromatic nitrogens is 1. The zero-order valence-electron chi connectivity index (χ0n) is 30.6. The highest BCUT2D eigenvalue weighted by Crippen LogP contribution is 2.52. The van der Waals surface area contributed by atoms with Crippen LogP contribution in [0, 0.1) is 0 Å². The Bertz CT molecular complexity index is 3430. The van der Waals surface area contributed by atoms with Gasteiger partial charge in [0.2, 0.25) is 0 Å². The van der Waals surface area contributed by atoms with Crippen LogP contribution in [0.25, 0.3) is 99.2 Å². The van der Waals surface area contributed by atoms with Crippen LogP contribution in [-0.4, -0.2) is 10.2 Å². The Morgan fingerprint density at radius 1 is 0.536 bits per heavy atom. The first-order valence-corrected chi connectivity index (χ1v) is 19.5. The summed E-state index contributed by atoms with van der Waals surface area (Å²) in [7, 11) is 0. The van der Waals surface area contributed by atoms with Gasteiger partial charge in [0, 0.05) is 44.0 Å². The molecule has 3 heteroatoms. The van der Waals surface area contributed by atoms with E-state index in [0.717, 1.165) is 38.8 Å². The van der Waals surface area contributed by atoms with Gasteiger partial charge in [0.15, 0.2) is 0 Å². The molecular formula is C53H33NO2. The predicted octanol–water partition coefficient (Wildman–Crippen LogP) is 14.0. The molecule has 2 aromatic heterocycles. The van der Waals surface area contributed by atoms with Gasteiger partial charge >= 0.3 is 0 Å². The van der Waals surface area contributed by atoms with Crippen molar-refractivity contribution in [3.05, 3.63) is 187 Å². The van der Waals surface area contributed by atoms with Gasteiger partial charge in [-0.25, -0.2) is 0 Å². The summed E-state index contributed by atoms with van der Waals surface area (Å²) in [4.78, 5) is 0. The topological polar surface area (TPSA) is 27.3 Å². The summed E-state index contributed by atoms with van der Waals surface area (Å²) in [6.07, 6.45) is 6.88. The monoisotopic (exact) mass is 715 g/mol. The molecule has 3 nitrogen and oxygen atoms in total. The molecule has 8 aromatic carbocycles. The van der Waals surface area contributed by atoms with Crippen molar-refractivity contribution >= 4 is 60.1 Å². The van der Waals surface area contributed by atoms with Crippen molar-refractivity contribution in [2.45, 2.75) is 18.4 Å². The van der Waals surface area contributed by atoms with Crippen LogP contribution in [0.3, 0.4) is 0 Å². The molecule has 10 aromatic rings. The number of allylic oxidation sites excluding steroid dienone is 2. The Balaban J connectivity index is 0.957. The van der Waals surface area contributed by atoms with E-state index in [2.05, 4.69) is 181 Å². The number of nitrogens with zero attached hydrogens (tertiary/aromatic N) is 1. The quantitative estimate of drug-likeness (QED) is 0.182. The Labute approximate surface area is 323 Å². The van der Waals surface area contributed by atoms with Crippen LogP contribution in [-0.2, 0) is 0 Å². The molecule has 2 aliphatic carbocycles. The maximum absolute atomic E-state index is 6.47.